The first-order valence-corrected chi connectivity index (χ1v) is 6.26. The lowest BCUT2D eigenvalue weighted by Crippen LogP contribution is -2.13. The first-order chi connectivity index (χ1) is 7.52. The fraction of sp³-hybridized carbons (Fsp3) is 0.200. The monoisotopic (exact) mass is 403 g/mol. The molecule has 6 heteroatoms. The van der Waals surface area contributed by atoms with Gasteiger partial charge < -0.3 is 4.57 Å². The van der Waals surface area contributed by atoms with Crippen molar-refractivity contribution in [3.63, 3.8) is 0 Å². The van der Waals surface area contributed by atoms with Crippen molar-refractivity contribution in [2.45, 2.75) is 12.7 Å². The van der Waals surface area contributed by atoms with Crippen LogP contribution in [0.3, 0.4) is 0 Å². The lowest BCUT2D eigenvalue weighted by atomic mass is 10.2. The topological polar surface area (TPSA) is 4.93 Å². The van der Waals surface area contributed by atoms with Crippen LogP contribution in [0.4, 0.5) is 13.2 Å². The zero-order chi connectivity index (χ0) is 11.9. The average molecular weight is 404 g/mol. The molecule has 0 amide bonds. The standard InChI is InChI=1S/C10H6BrF3IN/c11-6-2-1-3-7-5(6)4-8(15)16(7)10(14)9(12)13/h1-4,9-10H. The highest BCUT2D eigenvalue weighted by Crippen LogP contribution is 2.32. The number of rotatable bonds is 2. The van der Waals surface area contributed by atoms with Crippen molar-refractivity contribution in [3.8, 4) is 0 Å². The van der Waals surface area contributed by atoms with Gasteiger partial charge in [-0.05, 0) is 40.8 Å². The molecule has 2 rings (SSSR count). The van der Waals surface area contributed by atoms with E-state index in [0.29, 0.717) is 9.22 Å². The number of hydrogen-bond donors (Lipinski definition) is 0. The summed E-state index contributed by atoms with van der Waals surface area (Å²) in [6.45, 7) is 0. The molecular formula is C10H6BrF3IN. The fourth-order valence-electron chi connectivity index (χ4n) is 1.55. The summed E-state index contributed by atoms with van der Waals surface area (Å²) in [5.74, 6) is 0. The average Bonchev–Trinajstić information content (AvgIpc) is 2.55. The minimum absolute atomic E-state index is 0.451. The van der Waals surface area contributed by atoms with Crippen LogP contribution in [-0.4, -0.2) is 11.0 Å². The number of hydrogen-bond acceptors (Lipinski definition) is 0. The lowest BCUT2D eigenvalue weighted by molar-refractivity contribution is 0.00930. The third-order valence-electron chi connectivity index (χ3n) is 2.24. The Kier molecular flexibility index (Phi) is 3.48. The first kappa shape index (κ1) is 12.2. The Bertz CT molecular complexity index is 526. The molecule has 0 N–H and O–H groups in total. The minimum atomic E-state index is -3.02. The number of nitrogens with zero attached hydrogens (tertiary/aromatic N) is 1. The maximum atomic E-state index is 13.4. The maximum Gasteiger partial charge on any atom is 0.288 e. The van der Waals surface area contributed by atoms with E-state index in [1.807, 2.05) is 22.6 Å². The Balaban J connectivity index is 2.70. The molecular weight excluding hydrogens is 398 g/mol. The number of aromatic nitrogens is 1. The quantitative estimate of drug-likeness (QED) is 0.638. The summed E-state index contributed by atoms with van der Waals surface area (Å²) >= 11 is 5.15. The molecule has 0 bridgehead atoms. The normalized spacial score (nSPS) is 13.6. The van der Waals surface area contributed by atoms with Crippen molar-refractivity contribution in [1.29, 1.82) is 0 Å². The summed E-state index contributed by atoms with van der Waals surface area (Å²) < 4.78 is 40.4. The molecule has 0 radical (unpaired) electrons. The van der Waals surface area contributed by atoms with Gasteiger partial charge in [-0.3, -0.25) is 0 Å². The molecule has 2 aromatic rings. The van der Waals surface area contributed by atoms with Gasteiger partial charge in [0.2, 0.25) is 6.30 Å². The highest BCUT2D eigenvalue weighted by Gasteiger charge is 2.25. The van der Waals surface area contributed by atoms with Crippen LogP contribution in [0, 0.1) is 3.70 Å². The molecule has 0 aliphatic heterocycles. The van der Waals surface area contributed by atoms with Gasteiger partial charge in [-0.25, -0.2) is 13.2 Å². The van der Waals surface area contributed by atoms with E-state index in [2.05, 4.69) is 15.9 Å². The SMILES string of the molecule is FC(F)C(F)n1c(I)cc2c(Br)cccc21. The van der Waals surface area contributed by atoms with E-state index >= 15 is 0 Å². The van der Waals surface area contributed by atoms with Crippen molar-refractivity contribution < 1.29 is 13.2 Å². The smallest absolute Gasteiger partial charge is 0.288 e. The highest BCUT2D eigenvalue weighted by atomic mass is 127. The third-order valence-corrected chi connectivity index (χ3v) is 3.76. The molecule has 0 spiro atoms. The zero-order valence-corrected chi connectivity index (χ0v) is 11.5. The molecule has 0 saturated carbocycles. The van der Waals surface area contributed by atoms with E-state index in [1.165, 1.54) is 0 Å². The summed E-state index contributed by atoms with van der Waals surface area (Å²) in [6, 6.07) is 6.78. The summed E-state index contributed by atoms with van der Waals surface area (Å²) in [4.78, 5) is 0. The predicted octanol–water partition coefficient (Wildman–Crippen LogP) is 4.74. The number of fused-ring (bicyclic) bond motifs is 1. The van der Waals surface area contributed by atoms with Crippen LogP contribution in [0.5, 0.6) is 0 Å². The number of halogens is 5. The number of benzene rings is 1. The second kappa shape index (κ2) is 4.56. The summed E-state index contributed by atoms with van der Waals surface area (Å²) in [5.41, 5.74) is 0.464. The van der Waals surface area contributed by atoms with Crippen LogP contribution in [-0.2, 0) is 0 Å². The lowest BCUT2D eigenvalue weighted by Gasteiger charge is -2.12. The van der Waals surface area contributed by atoms with Crippen molar-refractivity contribution in [2.24, 2.45) is 0 Å². The molecule has 1 heterocycles. The van der Waals surface area contributed by atoms with E-state index in [9.17, 15) is 13.2 Å². The minimum Gasteiger partial charge on any atom is -0.300 e. The van der Waals surface area contributed by atoms with Gasteiger partial charge in [0.25, 0.3) is 6.43 Å². The van der Waals surface area contributed by atoms with Gasteiger partial charge in [0.05, 0.1) is 9.22 Å². The molecule has 16 heavy (non-hydrogen) atoms. The van der Waals surface area contributed by atoms with Gasteiger partial charge in [-0.15, -0.1) is 0 Å². The number of alkyl halides is 3. The molecule has 0 aliphatic rings. The van der Waals surface area contributed by atoms with Gasteiger partial charge >= 0.3 is 0 Å². The maximum absolute atomic E-state index is 13.4. The Morgan fingerprint density at radius 3 is 2.56 bits per heavy atom. The largest absolute Gasteiger partial charge is 0.300 e. The molecule has 86 valence electrons. The second-order valence-electron chi connectivity index (χ2n) is 3.22. The van der Waals surface area contributed by atoms with Crippen LogP contribution in [0.2, 0.25) is 0 Å². The Labute approximate surface area is 112 Å². The molecule has 1 atom stereocenters. The van der Waals surface area contributed by atoms with Crippen LogP contribution in [0.15, 0.2) is 28.7 Å². The van der Waals surface area contributed by atoms with Gasteiger partial charge in [-0.2, -0.15) is 0 Å². The van der Waals surface area contributed by atoms with E-state index in [-0.39, 0.29) is 0 Å². The second-order valence-corrected chi connectivity index (χ2v) is 5.18. The van der Waals surface area contributed by atoms with Crippen molar-refractivity contribution in [1.82, 2.24) is 4.57 Å². The van der Waals surface area contributed by atoms with Crippen LogP contribution in [0.25, 0.3) is 10.9 Å². The Morgan fingerprint density at radius 2 is 1.94 bits per heavy atom. The van der Waals surface area contributed by atoms with Crippen LogP contribution >= 0.6 is 38.5 Å². The van der Waals surface area contributed by atoms with Gasteiger partial charge in [0.15, 0.2) is 0 Å². The molecule has 1 nitrogen and oxygen atoms in total. The Morgan fingerprint density at radius 1 is 1.25 bits per heavy atom. The van der Waals surface area contributed by atoms with Gasteiger partial charge in [0.1, 0.15) is 0 Å². The molecule has 1 unspecified atom stereocenters. The molecule has 0 aliphatic carbocycles. The van der Waals surface area contributed by atoms with Crippen molar-refractivity contribution in [3.05, 3.63) is 32.4 Å². The van der Waals surface area contributed by atoms with Gasteiger partial charge in [0, 0.05) is 9.86 Å². The van der Waals surface area contributed by atoms with Crippen LogP contribution < -0.4 is 0 Å². The first-order valence-electron chi connectivity index (χ1n) is 4.39. The zero-order valence-electron chi connectivity index (χ0n) is 7.80. The van der Waals surface area contributed by atoms with E-state index in [0.717, 1.165) is 14.4 Å². The highest BCUT2D eigenvalue weighted by molar-refractivity contribution is 14.1. The molecule has 0 fully saturated rings. The van der Waals surface area contributed by atoms with Crippen molar-refractivity contribution in [2.75, 3.05) is 0 Å². The summed E-state index contributed by atoms with van der Waals surface area (Å²) in [7, 11) is 0. The third kappa shape index (κ3) is 1.97. The predicted molar refractivity (Wildman–Crippen MR) is 68.5 cm³/mol. The van der Waals surface area contributed by atoms with E-state index < -0.39 is 12.7 Å². The summed E-state index contributed by atoms with van der Waals surface area (Å²) in [5, 5.41) is 0.732. The molecule has 0 saturated heterocycles. The van der Waals surface area contributed by atoms with Gasteiger partial charge in [-0.1, -0.05) is 22.0 Å². The molecule has 1 aromatic heterocycles. The summed E-state index contributed by atoms with van der Waals surface area (Å²) in [6.07, 6.45) is -5.33. The van der Waals surface area contributed by atoms with E-state index in [1.54, 1.807) is 24.3 Å². The fourth-order valence-corrected chi connectivity index (χ4v) is 2.85. The Hall–Kier alpha value is -0.240. The van der Waals surface area contributed by atoms with Crippen LogP contribution in [0.1, 0.15) is 6.30 Å². The van der Waals surface area contributed by atoms with Crippen molar-refractivity contribution >= 4 is 49.4 Å². The van der Waals surface area contributed by atoms with E-state index in [4.69, 9.17) is 0 Å². The molecule has 1 aromatic carbocycles.